The second-order valence-electron chi connectivity index (χ2n) is 5.03. The van der Waals surface area contributed by atoms with Crippen LogP contribution < -0.4 is 0 Å². The van der Waals surface area contributed by atoms with Crippen LogP contribution in [0.3, 0.4) is 0 Å². The summed E-state index contributed by atoms with van der Waals surface area (Å²) >= 11 is 0. The van der Waals surface area contributed by atoms with E-state index < -0.39 is 34.8 Å². The van der Waals surface area contributed by atoms with Crippen LogP contribution in [0.15, 0.2) is 35.7 Å². The third kappa shape index (κ3) is 2.08. The van der Waals surface area contributed by atoms with Gasteiger partial charge in [-0.3, -0.25) is 0 Å². The molecular weight excluding hydrogens is 288 g/mol. The Kier molecular flexibility index (Phi) is 2.84. The Morgan fingerprint density at radius 3 is 2.80 bits per heavy atom. The summed E-state index contributed by atoms with van der Waals surface area (Å²) in [5.74, 6) is -2.75. The number of halogens is 2. The monoisotopic (exact) mass is 301 g/mol. The molecule has 8 heteroatoms. The third-order valence-electron chi connectivity index (χ3n) is 3.65. The van der Waals surface area contributed by atoms with Crippen molar-refractivity contribution < 1.29 is 17.2 Å². The van der Waals surface area contributed by atoms with Crippen molar-refractivity contribution in [1.82, 2.24) is 13.7 Å². The van der Waals surface area contributed by atoms with Crippen LogP contribution in [0.2, 0.25) is 0 Å². The molecule has 1 fully saturated rings. The standard InChI is InChI=1S/C12H13F2N3O2S/c1-16(10-5-12(13,14)6-10)20(18,19)11-2-3-17-8-15-7-9(17)4-11/h2-4,7-8,10H,5-6H2,1H3. The summed E-state index contributed by atoms with van der Waals surface area (Å²) in [4.78, 5) is 3.99. The number of sulfonamides is 1. The van der Waals surface area contributed by atoms with Crippen molar-refractivity contribution in [2.75, 3.05) is 7.05 Å². The van der Waals surface area contributed by atoms with Crippen LogP contribution in [0.4, 0.5) is 8.78 Å². The molecule has 20 heavy (non-hydrogen) atoms. The van der Waals surface area contributed by atoms with Gasteiger partial charge in [0.15, 0.2) is 0 Å². The van der Waals surface area contributed by atoms with E-state index in [9.17, 15) is 17.2 Å². The van der Waals surface area contributed by atoms with E-state index in [0.29, 0.717) is 5.52 Å². The highest BCUT2D eigenvalue weighted by atomic mass is 32.2. The average molecular weight is 301 g/mol. The van der Waals surface area contributed by atoms with Gasteiger partial charge < -0.3 is 4.40 Å². The van der Waals surface area contributed by atoms with E-state index in [2.05, 4.69) is 4.98 Å². The second kappa shape index (κ2) is 4.23. The van der Waals surface area contributed by atoms with Crippen LogP contribution in [-0.4, -0.2) is 41.1 Å². The first-order chi connectivity index (χ1) is 9.29. The SMILES string of the molecule is CN(C1CC(F)(F)C1)S(=O)(=O)c1ccn2cncc2c1. The Balaban J connectivity index is 1.91. The summed E-state index contributed by atoms with van der Waals surface area (Å²) in [6.07, 6.45) is 3.84. The molecule has 0 spiro atoms. The number of hydrogen-bond acceptors (Lipinski definition) is 3. The Morgan fingerprint density at radius 2 is 2.15 bits per heavy atom. The molecule has 2 heterocycles. The Labute approximate surface area is 114 Å². The van der Waals surface area contributed by atoms with E-state index >= 15 is 0 Å². The second-order valence-corrected chi connectivity index (χ2v) is 7.02. The Morgan fingerprint density at radius 1 is 1.45 bits per heavy atom. The Hall–Kier alpha value is -1.54. The fourth-order valence-electron chi connectivity index (χ4n) is 2.31. The van der Waals surface area contributed by atoms with Crippen LogP contribution in [-0.2, 0) is 10.0 Å². The van der Waals surface area contributed by atoms with Crippen molar-refractivity contribution in [2.24, 2.45) is 0 Å². The van der Waals surface area contributed by atoms with Gasteiger partial charge in [-0.15, -0.1) is 0 Å². The molecule has 3 rings (SSSR count). The molecule has 0 N–H and O–H groups in total. The van der Waals surface area contributed by atoms with Gasteiger partial charge in [0.1, 0.15) is 0 Å². The molecule has 1 aliphatic carbocycles. The van der Waals surface area contributed by atoms with Gasteiger partial charge in [0.05, 0.1) is 22.9 Å². The highest BCUT2D eigenvalue weighted by Crippen LogP contribution is 2.41. The molecule has 0 atom stereocenters. The predicted octanol–water partition coefficient (Wildman–Crippen LogP) is 1.75. The van der Waals surface area contributed by atoms with Crippen LogP contribution in [0, 0.1) is 0 Å². The number of aromatic nitrogens is 2. The predicted molar refractivity (Wildman–Crippen MR) is 68.1 cm³/mol. The van der Waals surface area contributed by atoms with Crippen LogP contribution in [0.1, 0.15) is 12.8 Å². The van der Waals surface area contributed by atoms with Gasteiger partial charge in [-0.1, -0.05) is 0 Å². The minimum atomic E-state index is -3.76. The third-order valence-corrected chi connectivity index (χ3v) is 5.55. The first-order valence-corrected chi connectivity index (χ1v) is 7.51. The number of hydrogen-bond donors (Lipinski definition) is 0. The summed E-state index contributed by atoms with van der Waals surface area (Å²) in [5.41, 5.74) is 0.637. The summed E-state index contributed by atoms with van der Waals surface area (Å²) in [6.45, 7) is 0. The van der Waals surface area contributed by atoms with Crippen molar-refractivity contribution in [3.05, 3.63) is 30.9 Å². The first-order valence-electron chi connectivity index (χ1n) is 6.07. The normalized spacial score (nSPS) is 19.4. The molecular formula is C12H13F2N3O2S. The molecule has 0 aromatic carbocycles. The van der Waals surface area contributed by atoms with E-state index in [0.717, 1.165) is 4.31 Å². The van der Waals surface area contributed by atoms with E-state index in [4.69, 9.17) is 0 Å². The maximum atomic E-state index is 12.9. The quantitative estimate of drug-likeness (QED) is 0.868. The van der Waals surface area contributed by atoms with E-state index in [1.54, 1.807) is 16.9 Å². The van der Waals surface area contributed by atoms with Crippen LogP contribution >= 0.6 is 0 Å². The van der Waals surface area contributed by atoms with Crippen molar-refractivity contribution in [1.29, 1.82) is 0 Å². The highest BCUT2D eigenvalue weighted by molar-refractivity contribution is 7.89. The molecule has 0 unspecified atom stereocenters. The van der Waals surface area contributed by atoms with Gasteiger partial charge in [0.2, 0.25) is 10.0 Å². The topological polar surface area (TPSA) is 54.7 Å². The molecule has 0 saturated heterocycles. The summed E-state index contributed by atoms with van der Waals surface area (Å²) < 4.78 is 53.2. The van der Waals surface area contributed by atoms with Crippen molar-refractivity contribution in [3.63, 3.8) is 0 Å². The van der Waals surface area contributed by atoms with Gasteiger partial charge in [-0.2, -0.15) is 4.31 Å². The smallest absolute Gasteiger partial charge is 0.251 e. The Bertz CT molecular complexity index is 749. The molecule has 2 aromatic heterocycles. The minimum absolute atomic E-state index is 0.0863. The lowest BCUT2D eigenvalue weighted by Crippen LogP contribution is -2.51. The number of alkyl halides is 2. The summed E-state index contributed by atoms with van der Waals surface area (Å²) in [7, 11) is -2.42. The molecule has 0 amide bonds. The fraction of sp³-hybridized carbons (Fsp3) is 0.417. The highest BCUT2D eigenvalue weighted by Gasteiger charge is 2.49. The molecule has 0 aliphatic heterocycles. The van der Waals surface area contributed by atoms with Gasteiger partial charge in [-0.05, 0) is 12.1 Å². The van der Waals surface area contributed by atoms with E-state index in [-0.39, 0.29) is 4.90 Å². The van der Waals surface area contributed by atoms with Crippen molar-refractivity contribution in [3.8, 4) is 0 Å². The fourth-order valence-corrected chi connectivity index (χ4v) is 3.69. The number of nitrogens with zero attached hydrogens (tertiary/aromatic N) is 3. The lowest BCUT2D eigenvalue weighted by atomic mass is 9.88. The lowest BCUT2D eigenvalue weighted by molar-refractivity contribution is -0.106. The van der Waals surface area contributed by atoms with Gasteiger partial charge in [-0.25, -0.2) is 22.2 Å². The zero-order chi connectivity index (χ0) is 14.5. The molecule has 1 aliphatic rings. The minimum Gasteiger partial charge on any atom is -0.306 e. The van der Waals surface area contributed by atoms with Crippen molar-refractivity contribution in [2.45, 2.75) is 29.7 Å². The first kappa shape index (κ1) is 13.4. The molecule has 0 bridgehead atoms. The number of fused-ring (bicyclic) bond motifs is 1. The number of imidazole rings is 1. The summed E-state index contributed by atoms with van der Waals surface area (Å²) in [5, 5.41) is 0. The largest absolute Gasteiger partial charge is 0.306 e. The van der Waals surface area contributed by atoms with Crippen molar-refractivity contribution >= 4 is 15.5 Å². The van der Waals surface area contributed by atoms with Gasteiger partial charge in [0, 0.05) is 32.1 Å². The molecule has 5 nitrogen and oxygen atoms in total. The maximum absolute atomic E-state index is 12.9. The molecule has 1 saturated carbocycles. The van der Waals surface area contributed by atoms with Crippen LogP contribution in [0.25, 0.3) is 5.52 Å². The van der Waals surface area contributed by atoms with E-state index in [1.165, 1.54) is 25.4 Å². The van der Waals surface area contributed by atoms with Gasteiger partial charge >= 0.3 is 0 Å². The van der Waals surface area contributed by atoms with Crippen LogP contribution in [0.5, 0.6) is 0 Å². The molecule has 0 radical (unpaired) electrons. The summed E-state index contributed by atoms with van der Waals surface area (Å²) in [6, 6.07) is 2.28. The zero-order valence-electron chi connectivity index (χ0n) is 10.7. The van der Waals surface area contributed by atoms with E-state index in [1.807, 2.05) is 0 Å². The molecule has 108 valence electrons. The maximum Gasteiger partial charge on any atom is 0.251 e. The molecule has 2 aromatic rings. The number of rotatable bonds is 3. The number of pyridine rings is 1. The zero-order valence-corrected chi connectivity index (χ0v) is 11.5. The van der Waals surface area contributed by atoms with Gasteiger partial charge in [0.25, 0.3) is 5.92 Å². The lowest BCUT2D eigenvalue weighted by Gasteiger charge is -2.39. The average Bonchev–Trinajstić information content (AvgIpc) is 2.81.